The predicted molar refractivity (Wildman–Crippen MR) is 56.2 cm³/mol. The quantitative estimate of drug-likeness (QED) is 0.575. The lowest BCUT2D eigenvalue weighted by Crippen LogP contribution is -1.84. The fraction of sp³-hybridized carbons (Fsp3) is 0.0909. The Balaban J connectivity index is 2.79. The molecule has 59 valence electrons. The average molecular weight is 171 g/mol. The van der Waals surface area contributed by atoms with Gasteiger partial charge in [0.1, 0.15) is 0 Å². The Kier molecular flexibility index (Phi) is 1.96. The van der Waals surface area contributed by atoms with Crippen molar-refractivity contribution < 1.29 is 0 Å². The SMILES string of the molecule is [SiH2]Cc1cccc2ccccc12. The average Bonchev–Trinajstić information content (AvgIpc) is 2.17. The van der Waals surface area contributed by atoms with Gasteiger partial charge in [0.25, 0.3) is 0 Å². The van der Waals surface area contributed by atoms with E-state index in [4.69, 9.17) is 0 Å². The van der Waals surface area contributed by atoms with Gasteiger partial charge in [-0.3, -0.25) is 0 Å². The van der Waals surface area contributed by atoms with Crippen LogP contribution in [-0.4, -0.2) is 10.2 Å². The fourth-order valence-corrected chi connectivity index (χ4v) is 1.95. The van der Waals surface area contributed by atoms with E-state index in [1.807, 2.05) is 10.2 Å². The Morgan fingerprint density at radius 1 is 0.917 bits per heavy atom. The van der Waals surface area contributed by atoms with E-state index in [-0.39, 0.29) is 0 Å². The topological polar surface area (TPSA) is 0 Å². The Morgan fingerprint density at radius 2 is 1.67 bits per heavy atom. The van der Waals surface area contributed by atoms with Crippen LogP contribution < -0.4 is 0 Å². The highest BCUT2D eigenvalue weighted by atomic mass is 28.1. The van der Waals surface area contributed by atoms with Gasteiger partial charge in [-0.25, -0.2) is 0 Å². The Bertz CT molecular complexity index is 388. The summed E-state index contributed by atoms with van der Waals surface area (Å²) >= 11 is 0. The molecular formula is C11H11Si. The second-order valence-corrected chi connectivity index (χ2v) is 3.39. The third-order valence-corrected chi connectivity index (χ3v) is 2.69. The van der Waals surface area contributed by atoms with Crippen LogP contribution in [0.4, 0.5) is 0 Å². The van der Waals surface area contributed by atoms with E-state index in [0.717, 1.165) is 6.04 Å². The predicted octanol–water partition coefficient (Wildman–Crippen LogP) is 1.97. The first-order valence-electron chi connectivity index (χ1n) is 4.17. The highest BCUT2D eigenvalue weighted by Gasteiger charge is 1.95. The van der Waals surface area contributed by atoms with E-state index in [1.54, 1.807) is 0 Å². The molecule has 12 heavy (non-hydrogen) atoms. The Morgan fingerprint density at radius 3 is 2.50 bits per heavy atom. The standard InChI is InChI=1S/C11H11Si/c12-8-10-6-3-5-9-4-1-2-7-11(9)10/h1-7H,8,12H2. The van der Waals surface area contributed by atoms with Gasteiger partial charge < -0.3 is 0 Å². The van der Waals surface area contributed by atoms with Gasteiger partial charge in [-0.15, -0.1) is 0 Å². The molecule has 1 heteroatoms. The fourth-order valence-electron chi connectivity index (χ4n) is 1.51. The van der Waals surface area contributed by atoms with Gasteiger partial charge >= 0.3 is 0 Å². The summed E-state index contributed by atoms with van der Waals surface area (Å²) in [5.74, 6) is 0. The molecule has 2 aromatic rings. The van der Waals surface area contributed by atoms with E-state index in [9.17, 15) is 0 Å². The molecule has 0 spiro atoms. The summed E-state index contributed by atoms with van der Waals surface area (Å²) in [7, 11) is 2.01. The molecule has 2 aromatic carbocycles. The van der Waals surface area contributed by atoms with Gasteiger partial charge in [0.2, 0.25) is 0 Å². The molecule has 0 saturated carbocycles. The summed E-state index contributed by atoms with van der Waals surface area (Å²) in [5.41, 5.74) is 1.45. The molecule has 0 heterocycles. The third kappa shape index (κ3) is 1.16. The maximum absolute atomic E-state index is 2.20. The zero-order chi connectivity index (χ0) is 8.39. The summed E-state index contributed by atoms with van der Waals surface area (Å²) in [6, 6.07) is 16.2. The lowest BCUT2D eigenvalue weighted by atomic mass is 10.1. The second-order valence-electron chi connectivity index (χ2n) is 2.89. The van der Waals surface area contributed by atoms with Gasteiger partial charge in [0.15, 0.2) is 0 Å². The summed E-state index contributed by atoms with van der Waals surface area (Å²) in [6.07, 6.45) is 0. The molecule has 0 aliphatic rings. The lowest BCUT2D eigenvalue weighted by Gasteiger charge is -2.02. The van der Waals surface area contributed by atoms with Crippen molar-refractivity contribution in [1.29, 1.82) is 0 Å². The van der Waals surface area contributed by atoms with Gasteiger partial charge in [-0.05, 0) is 22.4 Å². The van der Waals surface area contributed by atoms with Gasteiger partial charge in [-0.1, -0.05) is 42.5 Å². The molecular weight excluding hydrogens is 160 g/mol. The summed E-state index contributed by atoms with van der Waals surface area (Å²) in [6.45, 7) is 0. The van der Waals surface area contributed by atoms with Crippen molar-refractivity contribution in [1.82, 2.24) is 0 Å². The van der Waals surface area contributed by atoms with Crippen LogP contribution in [0, 0.1) is 0 Å². The molecule has 0 amide bonds. The first-order chi connectivity index (χ1) is 5.92. The van der Waals surface area contributed by atoms with Crippen LogP contribution in [0.15, 0.2) is 42.5 Å². The van der Waals surface area contributed by atoms with Gasteiger partial charge in [0, 0.05) is 10.2 Å². The number of hydrogen-bond donors (Lipinski definition) is 0. The van der Waals surface area contributed by atoms with Crippen LogP contribution in [-0.2, 0) is 6.04 Å². The number of benzene rings is 2. The molecule has 0 aliphatic heterocycles. The van der Waals surface area contributed by atoms with Gasteiger partial charge in [0.05, 0.1) is 0 Å². The molecule has 0 aromatic heterocycles. The maximum Gasteiger partial charge on any atom is 0.0138 e. The minimum atomic E-state index is 1.14. The van der Waals surface area contributed by atoms with Crippen LogP contribution in [0.5, 0.6) is 0 Å². The largest absolute Gasteiger partial charge is 0.0616 e. The first kappa shape index (κ1) is 7.56. The Hall–Kier alpha value is -1.08. The van der Waals surface area contributed by atoms with Crippen molar-refractivity contribution in [3.05, 3.63) is 48.0 Å². The van der Waals surface area contributed by atoms with Crippen LogP contribution in [0.1, 0.15) is 5.56 Å². The van der Waals surface area contributed by atoms with Crippen molar-refractivity contribution in [2.24, 2.45) is 0 Å². The maximum atomic E-state index is 2.20. The van der Waals surface area contributed by atoms with Crippen molar-refractivity contribution in [2.45, 2.75) is 6.04 Å². The third-order valence-electron chi connectivity index (χ3n) is 2.15. The van der Waals surface area contributed by atoms with E-state index in [2.05, 4.69) is 42.5 Å². The smallest absolute Gasteiger partial charge is 0.0138 e. The summed E-state index contributed by atoms with van der Waals surface area (Å²) in [4.78, 5) is 0. The monoisotopic (exact) mass is 171 g/mol. The molecule has 0 nitrogen and oxygen atoms in total. The van der Waals surface area contributed by atoms with Crippen molar-refractivity contribution in [3.8, 4) is 0 Å². The van der Waals surface area contributed by atoms with Crippen molar-refractivity contribution >= 4 is 21.0 Å². The van der Waals surface area contributed by atoms with E-state index in [1.165, 1.54) is 16.3 Å². The minimum Gasteiger partial charge on any atom is -0.0616 e. The van der Waals surface area contributed by atoms with Crippen LogP contribution >= 0.6 is 0 Å². The van der Waals surface area contributed by atoms with Gasteiger partial charge in [-0.2, -0.15) is 0 Å². The van der Waals surface area contributed by atoms with Crippen molar-refractivity contribution in [2.75, 3.05) is 0 Å². The number of fused-ring (bicyclic) bond motifs is 1. The zero-order valence-corrected chi connectivity index (χ0v) is 8.37. The van der Waals surface area contributed by atoms with E-state index in [0.29, 0.717) is 0 Å². The zero-order valence-electron chi connectivity index (χ0n) is 6.96. The molecule has 0 N–H and O–H groups in total. The second kappa shape index (κ2) is 3.11. The highest BCUT2D eigenvalue weighted by molar-refractivity contribution is 6.09. The van der Waals surface area contributed by atoms with Crippen LogP contribution in [0.3, 0.4) is 0 Å². The summed E-state index contributed by atoms with van der Waals surface area (Å²) in [5, 5.41) is 2.75. The normalized spacial score (nSPS) is 10.4. The van der Waals surface area contributed by atoms with Crippen LogP contribution in [0.25, 0.3) is 10.8 Å². The molecule has 0 aliphatic carbocycles. The minimum absolute atomic E-state index is 1.14. The highest BCUT2D eigenvalue weighted by Crippen LogP contribution is 2.17. The van der Waals surface area contributed by atoms with Crippen LogP contribution in [0.2, 0.25) is 0 Å². The Labute approximate surface area is 75.6 Å². The molecule has 1 radical (unpaired) electrons. The number of rotatable bonds is 1. The first-order valence-corrected chi connectivity index (χ1v) is 5.17. The van der Waals surface area contributed by atoms with Crippen molar-refractivity contribution in [3.63, 3.8) is 0 Å². The van der Waals surface area contributed by atoms with E-state index >= 15 is 0 Å². The lowest BCUT2D eigenvalue weighted by molar-refractivity contribution is 1.45. The molecule has 0 fully saturated rings. The molecule has 0 atom stereocenters. The molecule has 0 saturated heterocycles. The molecule has 0 bridgehead atoms. The number of hydrogen-bond acceptors (Lipinski definition) is 0. The van der Waals surface area contributed by atoms with E-state index < -0.39 is 0 Å². The molecule has 0 unspecified atom stereocenters. The molecule has 2 rings (SSSR count). The summed E-state index contributed by atoms with van der Waals surface area (Å²) < 4.78 is 0.